The summed E-state index contributed by atoms with van der Waals surface area (Å²) in [5.41, 5.74) is 1.69. The third-order valence-corrected chi connectivity index (χ3v) is 5.43. The zero-order valence-corrected chi connectivity index (χ0v) is 16.9. The van der Waals surface area contributed by atoms with Crippen molar-refractivity contribution in [1.82, 2.24) is 9.97 Å². The first-order valence-corrected chi connectivity index (χ1v) is 10.1. The average molecular weight is 439 g/mol. The second kappa shape index (κ2) is 8.69. The Morgan fingerprint density at radius 3 is 2.58 bits per heavy atom. The van der Waals surface area contributed by atoms with E-state index in [9.17, 15) is 18.0 Å². The fourth-order valence-corrected chi connectivity index (χ4v) is 3.88. The first-order valence-electron chi connectivity index (χ1n) is 9.32. The van der Waals surface area contributed by atoms with Gasteiger partial charge in [0.2, 0.25) is 5.91 Å². The van der Waals surface area contributed by atoms with Crippen LogP contribution in [0.2, 0.25) is 0 Å². The second-order valence-electron chi connectivity index (χ2n) is 6.75. The van der Waals surface area contributed by atoms with E-state index in [1.165, 1.54) is 29.5 Å². The van der Waals surface area contributed by atoms with Gasteiger partial charge < -0.3 is 0 Å². The molecule has 0 saturated carbocycles. The maximum Gasteiger partial charge on any atom is 0.416 e. The summed E-state index contributed by atoms with van der Waals surface area (Å²) < 4.78 is 38.0. The average Bonchev–Trinajstić information content (AvgIpc) is 3.18. The van der Waals surface area contributed by atoms with E-state index in [0.717, 1.165) is 39.0 Å². The number of hydrogen-bond acceptors (Lipinski definition) is 4. The zero-order valence-electron chi connectivity index (χ0n) is 16.1. The molecule has 156 valence electrons. The summed E-state index contributed by atoms with van der Waals surface area (Å²) in [5, 5.41) is 4.12. The number of amides is 1. The number of rotatable bonds is 5. The van der Waals surface area contributed by atoms with E-state index < -0.39 is 11.7 Å². The van der Waals surface area contributed by atoms with E-state index in [1.54, 1.807) is 18.5 Å². The summed E-state index contributed by atoms with van der Waals surface area (Å²) in [4.78, 5) is 21.6. The second-order valence-corrected chi connectivity index (χ2v) is 7.86. The smallest absolute Gasteiger partial charge is 0.298 e. The molecule has 0 saturated heterocycles. The molecule has 4 aromatic rings. The topological polar surface area (TPSA) is 54.9 Å². The van der Waals surface area contributed by atoms with Gasteiger partial charge in [-0.3, -0.25) is 15.1 Å². The van der Waals surface area contributed by atoms with Gasteiger partial charge >= 0.3 is 6.18 Å². The van der Waals surface area contributed by atoms with Gasteiger partial charge in [0.25, 0.3) is 0 Å². The summed E-state index contributed by atoms with van der Waals surface area (Å²) >= 11 is 1.28. The minimum atomic E-state index is -4.35. The number of thiazole rings is 1. The standard InChI is InChI=1S/C23H16F3N3OS/c24-23(25,26)18-9-6-15(7-10-18)13-19-14-28-22(31-19)29-20(30)11-8-17-4-1-3-16-5-2-12-27-21(16)17/h1-12,14H,13H2,(H,28,29,30)/b11-8+. The minimum absolute atomic E-state index is 0.330. The van der Waals surface area contributed by atoms with Crippen LogP contribution in [-0.4, -0.2) is 15.9 Å². The fourth-order valence-electron chi connectivity index (χ4n) is 3.03. The number of para-hydroxylation sites is 1. The van der Waals surface area contributed by atoms with E-state index >= 15 is 0 Å². The van der Waals surface area contributed by atoms with Crippen molar-refractivity contribution in [3.63, 3.8) is 0 Å². The summed E-state index contributed by atoms with van der Waals surface area (Å²) in [6, 6.07) is 14.6. The largest absolute Gasteiger partial charge is 0.416 e. The number of halogens is 3. The van der Waals surface area contributed by atoms with Crippen LogP contribution in [-0.2, 0) is 17.4 Å². The van der Waals surface area contributed by atoms with Gasteiger partial charge in [0, 0.05) is 40.7 Å². The van der Waals surface area contributed by atoms with Crippen molar-refractivity contribution in [3.05, 3.63) is 94.6 Å². The molecule has 31 heavy (non-hydrogen) atoms. The molecule has 0 bridgehead atoms. The van der Waals surface area contributed by atoms with Gasteiger partial charge in [-0.25, -0.2) is 4.98 Å². The van der Waals surface area contributed by atoms with E-state index in [2.05, 4.69) is 15.3 Å². The normalized spacial score (nSPS) is 11.8. The highest BCUT2D eigenvalue weighted by atomic mass is 32.1. The Labute approximate surface area is 180 Å². The van der Waals surface area contributed by atoms with Crippen molar-refractivity contribution in [1.29, 1.82) is 0 Å². The minimum Gasteiger partial charge on any atom is -0.298 e. The highest BCUT2D eigenvalue weighted by molar-refractivity contribution is 7.15. The van der Waals surface area contributed by atoms with Crippen molar-refractivity contribution in [2.24, 2.45) is 0 Å². The number of carbonyl (C=O) groups is 1. The van der Waals surface area contributed by atoms with Gasteiger partial charge in [-0.1, -0.05) is 36.4 Å². The van der Waals surface area contributed by atoms with Gasteiger partial charge in [0.15, 0.2) is 5.13 Å². The van der Waals surface area contributed by atoms with Crippen LogP contribution in [0.5, 0.6) is 0 Å². The molecule has 0 aliphatic carbocycles. The van der Waals surface area contributed by atoms with Crippen LogP contribution < -0.4 is 5.32 Å². The third kappa shape index (κ3) is 5.16. The Morgan fingerprint density at radius 2 is 1.81 bits per heavy atom. The summed E-state index contributed by atoms with van der Waals surface area (Å²) in [5.74, 6) is -0.330. The van der Waals surface area contributed by atoms with Crippen LogP contribution in [0, 0.1) is 0 Å². The van der Waals surface area contributed by atoms with Crippen LogP contribution in [0.15, 0.2) is 73.1 Å². The molecular weight excluding hydrogens is 423 g/mol. The Morgan fingerprint density at radius 1 is 1.03 bits per heavy atom. The number of anilines is 1. The Balaban J connectivity index is 1.39. The molecule has 0 aliphatic heterocycles. The molecule has 0 aliphatic rings. The summed E-state index contributed by atoms with van der Waals surface area (Å²) in [7, 11) is 0. The van der Waals surface area contributed by atoms with Gasteiger partial charge in [0.05, 0.1) is 11.1 Å². The lowest BCUT2D eigenvalue weighted by Gasteiger charge is -2.06. The van der Waals surface area contributed by atoms with Gasteiger partial charge in [-0.15, -0.1) is 11.3 Å². The molecule has 4 nitrogen and oxygen atoms in total. The highest BCUT2D eigenvalue weighted by Crippen LogP contribution is 2.30. The van der Waals surface area contributed by atoms with E-state index in [4.69, 9.17) is 0 Å². The van der Waals surface area contributed by atoms with Crippen LogP contribution in [0.1, 0.15) is 21.6 Å². The Hall–Kier alpha value is -3.52. The molecular formula is C23H16F3N3OS. The van der Waals surface area contributed by atoms with Crippen molar-refractivity contribution in [2.75, 3.05) is 5.32 Å². The summed E-state index contributed by atoms with van der Waals surface area (Å²) in [6.07, 6.45) is 2.50. The SMILES string of the molecule is O=C(/C=C/c1cccc2cccnc12)Nc1ncc(Cc2ccc(C(F)(F)F)cc2)s1. The first kappa shape index (κ1) is 20.7. The van der Waals surface area contributed by atoms with Crippen LogP contribution >= 0.6 is 11.3 Å². The number of nitrogens with one attached hydrogen (secondary N) is 1. The van der Waals surface area contributed by atoms with Crippen molar-refractivity contribution < 1.29 is 18.0 Å². The number of pyridine rings is 1. The van der Waals surface area contributed by atoms with E-state index in [1.807, 2.05) is 30.3 Å². The number of fused-ring (bicyclic) bond motifs is 1. The van der Waals surface area contributed by atoms with Crippen molar-refractivity contribution in [2.45, 2.75) is 12.6 Å². The van der Waals surface area contributed by atoms with Crippen LogP contribution in [0.3, 0.4) is 0 Å². The monoisotopic (exact) mass is 439 g/mol. The molecule has 1 amide bonds. The predicted octanol–water partition coefficient (Wildman–Crippen LogP) is 5.95. The maximum atomic E-state index is 12.7. The van der Waals surface area contributed by atoms with Crippen LogP contribution in [0.25, 0.3) is 17.0 Å². The molecule has 8 heteroatoms. The third-order valence-electron chi connectivity index (χ3n) is 4.52. The molecule has 0 unspecified atom stereocenters. The lowest BCUT2D eigenvalue weighted by atomic mass is 10.1. The predicted molar refractivity (Wildman–Crippen MR) is 116 cm³/mol. The van der Waals surface area contributed by atoms with E-state index in [0.29, 0.717) is 11.6 Å². The molecule has 2 heterocycles. The molecule has 0 spiro atoms. The first-order chi connectivity index (χ1) is 14.9. The number of aromatic nitrogens is 2. The Bertz CT molecular complexity index is 1240. The number of nitrogens with zero attached hydrogens (tertiary/aromatic N) is 2. The number of alkyl halides is 3. The molecule has 1 N–H and O–H groups in total. The number of benzene rings is 2. The Kier molecular flexibility index (Phi) is 5.81. The number of carbonyl (C=O) groups excluding carboxylic acids is 1. The van der Waals surface area contributed by atoms with Gasteiger partial charge in [-0.2, -0.15) is 13.2 Å². The van der Waals surface area contributed by atoms with Crippen molar-refractivity contribution >= 4 is 39.4 Å². The van der Waals surface area contributed by atoms with E-state index in [-0.39, 0.29) is 5.91 Å². The fraction of sp³-hybridized carbons (Fsp3) is 0.0870. The lowest BCUT2D eigenvalue weighted by Crippen LogP contribution is -2.07. The molecule has 2 aromatic carbocycles. The maximum absolute atomic E-state index is 12.7. The number of hydrogen-bond donors (Lipinski definition) is 1. The highest BCUT2D eigenvalue weighted by Gasteiger charge is 2.29. The lowest BCUT2D eigenvalue weighted by molar-refractivity contribution is -0.137. The summed E-state index contributed by atoms with van der Waals surface area (Å²) in [6.45, 7) is 0. The molecule has 0 fully saturated rings. The van der Waals surface area contributed by atoms with Crippen LogP contribution in [0.4, 0.5) is 18.3 Å². The quantitative estimate of drug-likeness (QED) is 0.391. The molecule has 4 rings (SSSR count). The zero-order chi connectivity index (χ0) is 21.8. The molecule has 0 atom stereocenters. The molecule has 2 aromatic heterocycles. The van der Waals surface area contributed by atoms with Gasteiger partial charge in [0.1, 0.15) is 0 Å². The van der Waals surface area contributed by atoms with Crippen molar-refractivity contribution in [3.8, 4) is 0 Å². The molecule has 0 radical (unpaired) electrons. The van der Waals surface area contributed by atoms with Gasteiger partial charge in [-0.05, 0) is 29.8 Å².